The van der Waals surface area contributed by atoms with Crippen LogP contribution in [0.2, 0.25) is 0 Å². The fourth-order valence-electron chi connectivity index (χ4n) is 2.15. The molecule has 100 valence electrons. The molecule has 3 rings (SSSR count). The van der Waals surface area contributed by atoms with Crippen molar-refractivity contribution in [2.24, 2.45) is 0 Å². The first-order valence-electron chi connectivity index (χ1n) is 6.11. The van der Waals surface area contributed by atoms with Crippen molar-refractivity contribution in [1.29, 1.82) is 0 Å². The molecule has 0 fully saturated rings. The Morgan fingerprint density at radius 3 is 2.65 bits per heavy atom. The molecular weight excluding hydrogens is 254 g/mol. The Morgan fingerprint density at radius 2 is 1.85 bits per heavy atom. The van der Waals surface area contributed by atoms with Crippen molar-refractivity contribution < 1.29 is 9.47 Å². The molecule has 20 heavy (non-hydrogen) atoms. The van der Waals surface area contributed by atoms with Gasteiger partial charge in [0.05, 0.1) is 19.8 Å². The van der Waals surface area contributed by atoms with Crippen LogP contribution >= 0.6 is 0 Å². The van der Waals surface area contributed by atoms with Gasteiger partial charge in [-0.1, -0.05) is 18.2 Å². The third-order valence-corrected chi connectivity index (χ3v) is 3.08. The van der Waals surface area contributed by atoms with Crippen LogP contribution in [0.5, 0.6) is 11.9 Å². The monoisotopic (exact) mass is 267 g/mol. The van der Waals surface area contributed by atoms with Crippen molar-refractivity contribution in [3.05, 3.63) is 42.9 Å². The predicted octanol–water partition coefficient (Wildman–Crippen LogP) is 2.71. The maximum atomic E-state index is 5.34. The fourth-order valence-corrected chi connectivity index (χ4v) is 2.15. The van der Waals surface area contributed by atoms with Gasteiger partial charge in [0.2, 0.25) is 5.88 Å². The van der Waals surface area contributed by atoms with Crippen LogP contribution in [0, 0.1) is 0 Å². The maximum Gasteiger partial charge on any atom is 0.319 e. The van der Waals surface area contributed by atoms with Gasteiger partial charge in [0.15, 0.2) is 0 Å². The minimum absolute atomic E-state index is 0.285. The summed E-state index contributed by atoms with van der Waals surface area (Å²) >= 11 is 0. The largest absolute Gasteiger partial charge is 0.480 e. The van der Waals surface area contributed by atoms with Gasteiger partial charge in [-0.25, -0.2) is 4.98 Å². The summed E-state index contributed by atoms with van der Waals surface area (Å²) < 4.78 is 10.4. The smallest absolute Gasteiger partial charge is 0.319 e. The van der Waals surface area contributed by atoms with Crippen molar-refractivity contribution in [1.82, 2.24) is 15.0 Å². The average Bonchev–Trinajstić information content (AvgIpc) is 2.53. The van der Waals surface area contributed by atoms with Gasteiger partial charge in [0.1, 0.15) is 0 Å². The van der Waals surface area contributed by atoms with Crippen molar-refractivity contribution in [3.8, 4) is 23.0 Å². The minimum Gasteiger partial charge on any atom is -0.480 e. The molecule has 2 heterocycles. The lowest BCUT2D eigenvalue weighted by Gasteiger charge is -2.10. The second-order valence-electron chi connectivity index (χ2n) is 4.18. The normalized spacial score (nSPS) is 10.5. The van der Waals surface area contributed by atoms with Crippen LogP contribution in [0.1, 0.15) is 0 Å². The number of hydrogen-bond donors (Lipinski definition) is 0. The van der Waals surface area contributed by atoms with E-state index in [1.54, 1.807) is 19.5 Å². The minimum atomic E-state index is 0.285. The van der Waals surface area contributed by atoms with Crippen molar-refractivity contribution in [3.63, 3.8) is 0 Å². The zero-order valence-electron chi connectivity index (χ0n) is 11.2. The van der Waals surface area contributed by atoms with Gasteiger partial charge >= 0.3 is 6.01 Å². The standard InChI is InChI=1S/C15H13N3O2/c1-19-14-13(9-17-15(18-14)20-2)12-5-3-4-10-8-16-7-6-11(10)12/h3-9H,1-2H3. The summed E-state index contributed by atoms with van der Waals surface area (Å²) in [6.45, 7) is 0. The van der Waals surface area contributed by atoms with E-state index in [1.165, 1.54) is 7.11 Å². The van der Waals surface area contributed by atoms with Crippen molar-refractivity contribution in [2.45, 2.75) is 0 Å². The first kappa shape index (κ1) is 12.3. The topological polar surface area (TPSA) is 57.1 Å². The number of methoxy groups -OCH3 is 2. The summed E-state index contributed by atoms with van der Waals surface area (Å²) in [5.74, 6) is 0.487. The van der Waals surface area contributed by atoms with E-state index in [4.69, 9.17) is 9.47 Å². The van der Waals surface area contributed by atoms with Crippen molar-refractivity contribution >= 4 is 10.8 Å². The Morgan fingerprint density at radius 1 is 0.950 bits per heavy atom. The number of rotatable bonds is 3. The Bertz CT molecular complexity index is 754. The summed E-state index contributed by atoms with van der Waals surface area (Å²) in [6.07, 6.45) is 5.30. The molecule has 0 bridgehead atoms. The number of hydrogen-bond acceptors (Lipinski definition) is 5. The molecule has 0 saturated carbocycles. The van der Waals surface area contributed by atoms with Crippen LogP contribution in [0.3, 0.4) is 0 Å². The summed E-state index contributed by atoms with van der Waals surface area (Å²) in [6, 6.07) is 8.25. The van der Waals surface area contributed by atoms with Crippen LogP contribution in [-0.4, -0.2) is 29.2 Å². The second kappa shape index (κ2) is 5.13. The third kappa shape index (κ3) is 2.03. The molecule has 5 heteroatoms. The summed E-state index contributed by atoms with van der Waals surface area (Å²) in [7, 11) is 3.11. The zero-order chi connectivity index (χ0) is 13.9. The van der Waals surface area contributed by atoms with E-state index in [0.717, 1.165) is 21.9 Å². The first-order chi connectivity index (χ1) is 9.83. The molecule has 1 aromatic carbocycles. The zero-order valence-corrected chi connectivity index (χ0v) is 11.2. The van der Waals surface area contributed by atoms with Gasteiger partial charge < -0.3 is 9.47 Å². The van der Waals surface area contributed by atoms with Gasteiger partial charge in [-0.3, -0.25) is 4.98 Å². The molecule has 0 atom stereocenters. The Hall–Kier alpha value is -2.69. The lowest BCUT2D eigenvalue weighted by Crippen LogP contribution is -1.97. The van der Waals surface area contributed by atoms with Crippen LogP contribution < -0.4 is 9.47 Å². The molecule has 0 aliphatic carbocycles. The van der Waals surface area contributed by atoms with E-state index in [9.17, 15) is 0 Å². The summed E-state index contributed by atoms with van der Waals surface area (Å²) in [4.78, 5) is 12.5. The highest BCUT2D eigenvalue weighted by Crippen LogP contribution is 2.33. The van der Waals surface area contributed by atoms with E-state index < -0.39 is 0 Å². The van der Waals surface area contributed by atoms with Gasteiger partial charge in [0.25, 0.3) is 0 Å². The second-order valence-corrected chi connectivity index (χ2v) is 4.18. The molecule has 0 aliphatic rings. The number of benzene rings is 1. The molecule has 0 N–H and O–H groups in total. The van der Waals surface area contributed by atoms with Gasteiger partial charge in [-0.05, 0) is 17.0 Å². The number of ether oxygens (including phenoxy) is 2. The maximum absolute atomic E-state index is 5.34. The van der Waals surface area contributed by atoms with Crippen LogP contribution in [0.15, 0.2) is 42.9 Å². The molecule has 3 aromatic rings. The number of aromatic nitrogens is 3. The number of pyridine rings is 1. The van der Waals surface area contributed by atoms with Gasteiger partial charge in [-0.2, -0.15) is 4.98 Å². The van der Waals surface area contributed by atoms with E-state index in [1.807, 2.05) is 30.5 Å². The van der Waals surface area contributed by atoms with Crippen molar-refractivity contribution in [2.75, 3.05) is 14.2 Å². The van der Waals surface area contributed by atoms with E-state index in [-0.39, 0.29) is 6.01 Å². The highest BCUT2D eigenvalue weighted by molar-refractivity contribution is 5.96. The van der Waals surface area contributed by atoms with Crippen LogP contribution in [0.4, 0.5) is 0 Å². The molecule has 0 unspecified atom stereocenters. The fraction of sp³-hybridized carbons (Fsp3) is 0.133. The average molecular weight is 267 g/mol. The Kier molecular flexibility index (Phi) is 3.16. The Balaban J connectivity index is 2.25. The van der Waals surface area contributed by atoms with E-state index in [2.05, 4.69) is 15.0 Å². The predicted molar refractivity (Wildman–Crippen MR) is 75.9 cm³/mol. The molecule has 2 aromatic heterocycles. The van der Waals surface area contributed by atoms with E-state index in [0.29, 0.717) is 5.88 Å². The number of nitrogens with zero attached hydrogens (tertiary/aromatic N) is 3. The lowest BCUT2D eigenvalue weighted by molar-refractivity contribution is 0.353. The SMILES string of the molecule is COc1ncc(-c2cccc3cnccc23)c(OC)n1. The number of fused-ring (bicyclic) bond motifs is 1. The molecule has 0 amide bonds. The Labute approximate surface area is 116 Å². The molecule has 0 spiro atoms. The molecule has 0 saturated heterocycles. The molecule has 5 nitrogen and oxygen atoms in total. The quantitative estimate of drug-likeness (QED) is 0.730. The highest BCUT2D eigenvalue weighted by Gasteiger charge is 2.12. The van der Waals surface area contributed by atoms with Gasteiger partial charge in [0, 0.05) is 24.0 Å². The highest BCUT2D eigenvalue weighted by atomic mass is 16.5. The molecule has 0 aliphatic heterocycles. The lowest BCUT2D eigenvalue weighted by atomic mass is 10.0. The molecule has 0 radical (unpaired) electrons. The van der Waals surface area contributed by atoms with Crippen LogP contribution in [-0.2, 0) is 0 Å². The first-order valence-corrected chi connectivity index (χ1v) is 6.11. The van der Waals surface area contributed by atoms with E-state index >= 15 is 0 Å². The molecular formula is C15H13N3O2. The van der Waals surface area contributed by atoms with Gasteiger partial charge in [-0.15, -0.1) is 0 Å². The van der Waals surface area contributed by atoms with Crippen LogP contribution in [0.25, 0.3) is 21.9 Å². The summed E-state index contributed by atoms with van der Waals surface area (Å²) in [5, 5.41) is 2.14. The summed E-state index contributed by atoms with van der Waals surface area (Å²) in [5.41, 5.74) is 1.83. The third-order valence-electron chi connectivity index (χ3n) is 3.08.